The molecule has 2 aromatic carbocycles. The Morgan fingerprint density at radius 1 is 0.958 bits per heavy atom. The molecule has 0 fully saturated rings. The Balaban J connectivity index is 1.91. The van der Waals surface area contributed by atoms with Crippen molar-refractivity contribution in [3.05, 3.63) is 83.4 Å². The molecule has 3 rings (SSSR count). The van der Waals surface area contributed by atoms with Gasteiger partial charge in [0.1, 0.15) is 0 Å². The molecule has 0 saturated carbocycles. The molecular weight excluding hydrogens is 302 g/mol. The van der Waals surface area contributed by atoms with Crippen LogP contribution in [0.3, 0.4) is 0 Å². The van der Waals surface area contributed by atoms with Crippen LogP contribution in [0.2, 0.25) is 0 Å². The van der Waals surface area contributed by atoms with E-state index in [1.165, 1.54) is 11.6 Å². The van der Waals surface area contributed by atoms with Crippen molar-refractivity contribution in [3.63, 3.8) is 0 Å². The minimum atomic E-state index is -0.708. The first kappa shape index (κ1) is 15.9. The zero-order chi connectivity index (χ0) is 16.9. The first-order valence-corrected chi connectivity index (χ1v) is 7.78. The number of rotatable bonds is 4. The molecular formula is C20H17NO3. The molecule has 2 aromatic rings. The van der Waals surface area contributed by atoms with Gasteiger partial charge in [-0.2, -0.15) is 0 Å². The van der Waals surface area contributed by atoms with Gasteiger partial charge in [-0.1, -0.05) is 54.6 Å². The quantitative estimate of drug-likeness (QED) is 0.494. The molecule has 0 saturated heterocycles. The van der Waals surface area contributed by atoms with Crippen LogP contribution in [0.15, 0.2) is 66.7 Å². The lowest BCUT2D eigenvalue weighted by atomic mass is 9.84. The average Bonchev–Trinajstić information content (AvgIpc) is 2.65. The standard InChI is InChI=1S/C20H17NO3/c22-14-17(23)10-11-20(24)21-12-16-8-4-5-9-18(16)19(13-21)15-6-2-1-3-7-15/h1-11,14,19H,12-13H2/b11-10+/t19-/m0/s1. The molecule has 0 radical (unpaired) electrons. The Labute approximate surface area is 140 Å². The van der Waals surface area contributed by atoms with Gasteiger partial charge in [0.25, 0.3) is 0 Å². The Bertz CT molecular complexity index is 796. The van der Waals surface area contributed by atoms with Crippen LogP contribution in [0, 0.1) is 0 Å². The van der Waals surface area contributed by atoms with Crippen molar-refractivity contribution in [2.24, 2.45) is 0 Å². The summed E-state index contributed by atoms with van der Waals surface area (Å²) < 4.78 is 0. The Kier molecular flexibility index (Phi) is 4.66. The van der Waals surface area contributed by atoms with Crippen LogP contribution in [0.25, 0.3) is 0 Å². The van der Waals surface area contributed by atoms with Crippen molar-refractivity contribution in [2.75, 3.05) is 6.54 Å². The van der Waals surface area contributed by atoms with Crippen molar-refractivity contribution in [1.29, 1.82) is 0 Å². The highest BCUT2D eigenvalue weighted by molar-refractivity contribution is 6.31. The third kappa shape index (κ3) is 3.33. The smallest absolute Gasteiger partial charge is 0.247 e. The van der Waals surface area contributed by atoms with E-state index in [4.69, 9.17) is 0 Å². The molecule has 0 N–H and O–H groups in total. The zero-order valence-electron chi connectivity index (χ0n) is 13.1. The molecule has 1 atom stereocenters. The zero-order valence-corrected chi connectivity index (χ0v) is 13.1. The number of aldehydes is 1. The third-order valence-corrected chi connectivity index (χ3v) is 4.21. The highest BCUT2D eigenvalue weighted by Gasteiger charge is 2.28. The van der Waals surface area contributed by atoms with E-state index in [1.54, 1.807) is 4.90 Å². The number of hydrogen-bond acceptors (Lipinski definition) is 3. The van der Waals surface area contributed by atoms with E-state index in [9.17, 15) is 14.4 Å². The van der Waals surface area contributed by atoms with Gasteiger partial charge in [-0.05, 0) is 22.8 Å². The van der Waals surface area contributed by atoms with Gasteiger partial charge in [0.05, 0.1) is 0 Å². The van der Waals surface area contributed by atoms with Gasteiger partial charge in [-0.3, -0.25) is 14.4 Å². The summed E-state index contributed by atoms with van der Waals surface area (Å²) in [4.78, 5) is 35.5. The van der Waals surface area contributed by atoms with Gasteiger partial charge in [0.15, 0.2) is 6.29 Å². The Morgan fingerprint density at radius 2 is 1.67 bits per heavy atom. The predicted molar refractivity (Wildman–Crippen MR) is 90.4 cm³/mol. The van der Waals surface area contributed by atoms with Gasteiger partial charge in [-0.25, -0.2) is 0 Å². The highest BCUT2D eigenvalue weighted by Crippen LogP contribution is 2.33. The number of fused-ring (bicyclic) bond motifs is 1. The van der Waals surface area contributed by atoms with Crippen LogP contribution >= 0.6 is 0 Å². The Hall–Kier alpha value is -3.01. The molecule has 4 nitrogen and oxygen atoms in total. The van der Waals surface area contributed by atoms with Crippen LogP contribution in [0.5, 0.6) is 0 Å². The van der Waals surface area contributed by atoms with Crippen molar-refractivity contribution in [2.45, 2.75) is 12.5 Å². The number of amides is 1. The lowest BCUT2D eigenvalue weighted by Gasteiger charge is -2.34. The number of ketones is 1. The van der Waals surface area contributed by atoms with E-state index in [0.29, 0.717) is 13.1 Å². The van der Waals surface area contributed by atoms with E-state index in [-0.39, 0.29) is 18.1 Å². The molecule has 1 aliphatic rings. The normalized spacial score (nSPS) is 16.7. The first-order chi connectivity index (χ1) is 11.7. The van der Waals surface area contributed by atoms with Crippen molar-refractivity contribution in [3.8, 4) is 0 Å². The molecule has 0 unspecified atom stereocenters. The third-order valence-electron chi connectivity index (χ3n) is 4.21. The maximum absolute atomic E-state index is 12.4. The maximum Gasteiger partial charge on any atom is 0.247 e. The topological polar surface area (TPSA) is 54.5 Å². The van der Waals surface area contributed by atoms with Gasteiger partial charge in [-0.15, -0.1) is 0 Å². The lowest BCUT2D eigenvalue weighted by molar-refractivity contribution is -0.128. The molecule has 0 aliphatic carbocycles. The van der Waals surface area contributed by atoms with Crippen LogP contribution in [0.4, 0.5) is 0 Å². The molecule has 1 aliphatic heterocycles. The van der Waals surface area contributed by atoms with Gasteiger partial charge < -0.3 is 4.90 Å². The van der Waals surface area contributed by atoms with Crippen molar-refractivity contribution in [1.82, 2.24) is 4.90 Å². The molecule has 4 heteroatoms. The molecule has 0 aromatic heterocycles. The number of hydrogen-bond donors (Lipinski definition) is 0. The van der Waals surface area contributed by atoms with Gasteiger partial charge in [0.2, 0.25) is 11.7 Å². The number of benzene rings is 2. The molecule has 120 valence electrons. The number of allylic oxidation sites excluding steroid dienone is 1. The van der Waals surface area contributed by atoms with E-state index >= 15 is 0 Å². The summed E-state index contributed by atoms with van der Waals surface area (Å²) in [6.45, 7) is 1.04. The summed E-state index contributed by atoms with van der Waals surface area (Å²) in [6.07, 6.45) is 2.39. The van der Waals surface area contributed by atoms with Crippen molar-refractivity contribution < 1.29 is 14.4 Å². The monoisotopic (exact) mass is 319 g/mol. The first-order valence-electron chi connectivity index (χ1n) is 7.78. The summed E-state index contributed by atoms with van der Waals surface area (Å²) >= 11 is 0. The summed E-state index contributed by atoms with van der Waals surface area (Å²) in [6, 6.07) is 18.1. The summed E-state index contributed by atoms with van der Waals surface area (Å²) in [7, 11) is 0. The van der Waals surface area contributed by atoms with Crippen LogP contribution < -0.4 is 0 Å². The fourth-order valence-electron chi connectivity index (χ4n) is 3.04. The summed E-state index contributed by atoms with van der Waals surface area (Å²) in [5.74, 6) is -0.878. The van der Waals surface area contributed by atoms with E-state index in [0.717, 1.165) is 17.2 Å². The average molecular weight is 319 g/mol. The maximum atomic E-state index is 12.4. The molecule has 0 spiro atoms. The number of carbonyl (C=O) groups excluding carboxylic acids is 3. The van der Waals surface area contributed by atoms with E-state index in [1.807, 2.05) is 36.4 Å². The Morgan fingerprint density at radius 3 is 2.42 bits per heavy atom. The fraction of sp³-hybridized carbons (Fsp3) is 0.150. The molecule has 1 amide bonds. The van der Waals surface area contributed by atoms with Crippen LogP contribution in [0.1, 0.15) is 22.6 Å². The second-order valence-electron chi connectivity index (χ2n) is 5.73. The number of nitrogens with zero attached hydrogens (tertiary/aromatic N) is 1. The van der Waals surface area contributed by atoms with Crippen molar-refractivity contribution >= 4 is 18.0 Å². The lowest BCUT2D eigenvalue weighted by Crippen LogP contribution is -2.37. The SMILES string of the molecule is O=CC(=O)/C=C/C(=O)N1Cc2ccccc2[C@H](c2ccccc2)C1. The molecule has 1 heterocycles. The molecule has 24 heavy (non-hydrogen) atoms. The fourth-order valence-corrected chi connectivity index (χ4v) is 3.04. The number of carbonyl (C=O) groups is 3. The highest BCUT2D eigenvalue weighted by atomic mass is 16.2. The predicted octanol–water partition coefficient (Wildman–Crippen LogP) is 2.48. The van der Waals surface area contributed by atoms with Crippen LogP contribution in [-0.2, 0) is 20.9 Å². The van der Waals surface area contributed by atoms with Gasteiger partial charge in [0, 0.05) is 25.1 Å². The minimum absolute atomic E-state index is 0.0928. The second kappa shape index (κ2) is 7.04. The summed E-state index contributed by atoms with van der Waals surface area (Å²) in [5, 5.41) is 0. The van der Waals surface area contributed by atoms with E-state index in [2.05, 4.69) is 18.2 Å². The molecule has 0 bridgehead atoms. The van der Waals surface area contributed by atoms with Crippen LogP contribution in [-0.4, -0.2) is 29.4 Å². The second-order valence-corrected chi connectivity index (χ2v) is 5.73. The largest absolute Gasteiger partial charge is 0.334 e. The minimum Gasteiger partial charge on any atom is -0.334 e. The van der Waals surface area contributed by atoms with E-state index < -0.39 is 5.78 Å². The summed E-state index contributed by atoms with van der Waals surface area (Å²) in [5.41, 5.74) is 3.47. The van der Waals surface area contributed by atoms with Gasteiger partial charge >= 0.3 is 0 Å².